The molecule has 0 aliphatic carbocycles. The minimum absolute atomic E-state index is 0.107. The van der Waals surface area contributed by atoms with Crippen molar-refractivity contribution in [3.8, 4) is 5.75 Å². The summed E-state index contributed by atoms with van der Waals surface area (Å²) in [6.07, 6.45) is 2.50. The Morgan fingerprint density at radius 1 is 1.13 bits per heavy atom. The number of aromatic nitrogens is 1. The van der Waals surface area contributed by atoms with E-state index in [1.807, 2.05) is 39.8 Å². The van der Waals surface area contributed by atoms with Gasteiger partial charge < -0.3 is 4.74 Å². The lowest BCUT2D eigenvalue weighted by atomic mass is 9.93. The van der Waals surface area contributed by atoms with Crippen molar-refractivity contribution in [2.45, 2.75) is 64.5 Å². The van der Waals surface area contributed by atoms with Gasteiger partial charge in [0.1, 0.15) is 12.4 Å². The number of ether oxygens (including phenoxy) is 1. The molecule has 2 unspecified atom stereocenters. The molecule has 2 atom stereocenters. The highest BCUT2D eigenvalue weighted by atomic mass is 32.2. The monoisotopic (exact) mass is 448 g/mol. The molecule has 0 aliphatic rings. The molecule has 1 aromatic carbocycles. The number of nitrogens with zero attached hydrogens (tertiary/aromatic N) is 2. The van der Waals surface area contributed by atoms with Gasteiger partial charge in [-0.15, -0.1) is 0 Å². The summed E-state index contributed by atoms with van der Waals surface area (Å²) < 4.78 is 31.7. The molecule has 0 aliphatic heterocycles. The van der Waals surface area contributed by atoms with E-state index in [1.54, 1.807) is 12.1 Å². The summed E-state index contributed by atoms with van der Waals surface area (Å²) >= 11 is 0. The first-order valence-electron chi connectivity index (χ1n) is 10.5. The quantitative estimate of drug-likeness (QED) is 0.298. The largest absolute Gasteiger partial charge is 0.489 e. The van der Waals surface area contributed by atoms with Crippen LogP contribution in [0.3, 0.4) is 0 Å². The Morgan fingerprint density at radius 2 is 1.74 bits per heavy atom. The van der Waals surface area contributed by atoms with E-state index in [2.05, 4.69) is 4.98 Å². The average molecular weight is 449 g/mol. The number of carbonyl (C=O) groups excluding carboxylic acids is 1. The van der Waals surface area contributed by atoms with Crippen molar-refractivity contribution in [1.29, 1.82) is 0 Å². The summed E-state index contributed by atoms with van der Waals surface area (Å²) in [7, 11) is -3.71. The maximum absolute atomic E-state index is 13.0. The summed E-state index contributed by atoms with van der Waals surface area (Å²) in [6.45, 7) is 8.11. The van der Waals surface area contributed by atoms with Crippen molar-refractivity contribution >= 4 is 16.2 Å². The van der Waals surface area contributed by atoms with E-state index < -0.39 is 15.9 Å². The predicted molar refractivity (Wildman–Crippen MR) is 119 cm³/mol. The van der Waals surface area contributed by atoms with Gasteiger partial charge >= 0.3 is 0 Å². The van der Waals surface area contributed by atoms with Gasteiger partial charge in [-0.3, -0.25) is 15.0 Å². The van der Waals surface area contributed by atoms with Crippen LogP contribution < -0.4 is 4.74 Å². The second kappa shape index (κ2) is 11.2. The first kappa shape index (κ1) is 24.8. The Labute approximate surface area is 184 Å². The Bertz CT molecular complexity index is 940. The molecule has 0 fully saturated rings. The molecule has 8 heteroatoms. The highest BCUT2D eigenvalue weighted by molar-refractivity contribution is 7.91. The third kappa shape index (κ3) is 7.04. The lowest BCUT2D eigenvalue weighted by Gasteiger charge is -2.29. The second-order valence-corrected chi connectivity index (χ2v) is 9.84. The number of sulfone groups is 1. The van der Waals surface area contributed by atoms with Crippen LogP contribution in [0.25, 0.3) is 0 Å². The Hall–Kier alpha value is -2.45. The number of benzene rings is 1. The molecular weight excluding hydrogens is 416 g/mol. The molecule has 1 amide bonds. The van der Waals surface area contributed by atoms with E-state index in [1.165, 1.54) is 12.1 Å². The zero-order valence-corrected chi connectivity index (χ0v) is 19.4. The SMILES string of the molecule is CCCC(CC)C(CS(=O)(=O)c1ccc(OCc2cc(C)nc(C)c2)cc1)N(O)C=O. The highest BCUT2D eigenvalue weighted by Gasteiger charge is 2.31. The zero-order chi connectivity index (χ0) is 23.0. The van der Waals surface area contributed by atoms with Crippen LogP contribution in [0.15, 0.2) is 41.3 Å². The van der Waals surface area contributed by atoms with Crippen LogP contribution in [0.5, 0.6) is 5.75 Å². The van der Waals surface area contributed by atoms with Crippen molar-refractivity contribution in [3.05, 3.63) is 53.3 Å². The number of hydroxylamine groups is 2. The van der Waals surface area contributed by atoms with Crippen LogP contribution in [0.4, 0.5) is 0 Å². The molecule has 0 saturated carbocycles. The van der Waals surface area contributed by atoms with E-state index in [4.69, 9.17) is 4.74 Å². The van der Waals surface area contributed by atoms with Crippen molar-refractivity contribution < 1.29 is 23.2 Å². The summed E-state index contributed by atoms with van der Waals surface area (Å²) in [5.41, 5.74) is 2.82. The third-order valence-electron chi connectivity index (χ3n) is 5.30. The van der Waals surface area contributed by atoms with Gasteiger partial charge in [-0.05, 0) is 68.1 Å². The van der Waals surface area contributed by atoms with E-state index in [0.717, 1.165) is 29.8 Å². The molecular formula is C23H32N2O5S. The topological polar surface area (TPSA) is 96.8 Å². The summed E-state index contributed by atoms with van der Waals surface area (Å²) in [5.74, 6) is 0.109. The van der Waals surface area contributed by atoms with E-state index >= 15 is 0 Å². The van der Waals surface area contributed by atoms with Crippen molar-refractivity contribution in [2.24, 2.45) is 5.92 Å². The fourth-order valence-electron chi connectivity index (χ4n) is 3.78. The van der Waals surface area contributed by atoms with Crippen LogP contribution in [0, 0.1) is 19.8 Å². The van der Waals surface area contributed by atoms with Gasteiger partial charge in [0.05, 0.1) is 16.7 Å². The van der Waals surface area contributed by atoms with Gasteiger partial charge in [-0.2, -0.15) is 0 Å². The predicted octanol–water partition coefficient (Wildman–Crippen LogP) is 4.09. The van der Waals surface area contributed by atoms with Crippen LogP contribution in [-0.2, 0) is 21.2 Å². The van der Waals surface area contributed by atoms with Crippen molar-refractivity contribution in [3.63, 3.8) is 0 Å². The summed E-state index contributed by atoms with van der Waals surface area (Å²) in [6, 6.07) is 9.31. The normalized spacial score (nSPS) is 13.5. The Balaban J connectivity index is 2.12. The molecule has 0 spiro atoms. The number of aryl methyl sites for hydroxylation is 2. The number of rotatable bonds is 12. The molecule has 170 valence electrons. The van der Waals surface area contributed by atoms with Crippen LogP contribution in [0.1, 0.15) is 50.1 Å². The molecule has 7 nitrogen and oxygen atoms in total. The molecule has 0 bridgehead atoms. The van der Waals surface area contributed by atoms with Gasteiger partial charge in [-0.1, -0.05) is 26.7 Å². The minimum Gasteiger partial charge on any atom is -0.489 e. The molecule has 2 rings (SSSR count). The number of amides is 1. The second-order valence-electron chi connectivity index (χ2n) is 7.81. The van der Waals surface area contributed by atoms with Crippen LogP contribution in [-0.4, -0.2) is 41.9 Å². The lowest BCUT2D eigenvalue weighted by molar-refractivity contribution is -0.163. The Kier molecular flexibility index (Phi) is 9.00. The maximum atomic E-state index is 13.0. The van der Waals surface area contributed by atoms with Gasteiger partial charge in [-0.25, -0.2) is 13.5 Å². The fourth-order valence-corrected chi connectivity index (χ4v) is 5.40. The highest BCUT2D eigenvalue weighted by Crippen LogP contribution is 2.25. The van der Waals surface area contributed by atoms with Crippen LogP contribution in [0.2, 0.25) is 0 Å². The molecule has 1 aromatic heterocycles. The fraction of sp³-hybridized carbons (Fsp3) is 0.478. The van der Waals surface area contributed by atoms with E-state index in [0.29, 0.717) is 23.8 Å². The zero-order valence-electron chi connectivity index (χ0n) is 18.6. The van der Waals surface area contributed by atoms with E-state index in [-0.39, 0.29) is 23.0 Å². The third-order valence-corrected chi connectivity index (χ3v) is 7.07. The first-order valence-corrected chi connectivity index (χ1v) is 12.2. The number of hydrogen-bond acceptors (Lipinski definition) is 6. The standard InChI is InChI=1S/C23H32N2O5S/c1-5-7-20(6-2)23(25(27)16-26)15-31(28,29)22-10-8-21(9-11-22)30-14-19-12-17(3)24-18(4)13-19/h8-13,16,20,23,27H,5-7,14-15H2,1-4H3. The number of carbonyl (C=O) groups is 1. The van der Waals surface area contributed by atoms with Gasteiger partial charge in [0.25, 0.3) is 0 Å². The van der Waals surface area contributed by atoms with Crippen LogP contribution >= 0.6 is 0 Å². The molecule has 0 radical (unpaired) electrons. The maximum Gasteiger partial charge on any atom is 0.233 e. The number of pyridine rings is 1. The number of hydrogen-bond donors (Lipinski definition) is 1. The smallest absolute Gasteiger partial charge is 0.233 e. The molecule has 31 heavy (non-hydrogen) atoms. The Morgan fingerprint density at radius 3 is 2.26 bits per heavy atom. The van der Waals surface area contributed by atoms with Gasteiger partial charge in [0.15, 0.2) is 9.84 Å². The molecule has 2 aromatic rings. The van der Waals surface area contributed by atoms with Crippen molar-refractivity contribution in [1.82, 2.24) is 10.0 Å². The molecule has 1 N–H and O–H groups in total. The van der Waals surface area contributed by atoms with Gasteiger partial charge in [0, 0.05) is 11.4 Å². The van der Waals surface area contributed by atoms with E-state index in [9.17, 15) is 18.4 Å². The molecule has 0 saturated heterocycles. The van der Waals surface area contributed by atoms with Crippen molar-refractivity contribution in [2.75, 3.05) is 5.75 Å². The summed E-state index contributed by atoms with van der Waals surface area (Å²) in [4.78, 5) is 15.6. The molecule has 1 heterocycles. The lowest BCUT2D eigenvalue weighted by Crippen LogP contribution is -2.42. The minimum atomic E-state index is -3.71. The first-order chi connectivity index (χ1) is 14.7. The van der Waals surface area contributed by atoms with Gasteiger partial charge in [0.2, 0.25) is 6.41 Å². The average Bonchev–Trinajstić information content (AvgIpc) is 2.73. The summed E-state index contributed by atoms with van der Waals surface area (Å²) in [5, 5.41) is 10.5.